The van der Waals surface area contributed by atoms with E-state index in [9.17, 15) is 4.39 Å². The van der Waals surface area contributed by atoms with Gasteiger partial charge >= 0.3 is 0 Å². The van der Waals surface area contributed by atoms with Crippen molar-refractivity contribution >= 4 is 40.0 Å². The van der Waals surface area contributed by atoms with Gasteiger partial charge in [0, 0.05) is 15.5 Å². The Morgan fingerprint density at radius 2 is 1.83 bits per heavy atom. The summed E-state index contributed by atoms with van der Waals surface area (Å²) in [5.74, 6) is -0.224. The van der Waals surface area contributed by atoms with Gasteiger partial charge in [-0.15, -0.1) is 0 Å². The van der Waals surface area contributed by atoms with Crippen molar-refractivity contribution in [2.45, 2.75) is 23.6 Å². The summed E-state index contributed by atoms with van der Waals surface area (Å²) in [6, 6.07) is 9.40. The van der Waals surface area contributed by atoms with E-state index in [4.69, 9.17) is 5.73 Å². The molecule has 0 aromatic heterocycles. The molecule has 0 amide bonds. The van der Waals surface area contributed by atoms with Crippen LogP contribution in [0.2, 0.25) is 0 Å². The molecule has 0 aliphatic carbocycles. The lowest BCUT2D eigenvalue weighted by molar-refractivity contribution is 0.617. The van der Waals surface area contributed by atoms with Gasteiger partial charge in [-0.25, -0.2) is 4.39 Å². The predicted octanol–water partition coefficient (Wildman–Crippen LogP) is 4.78. The fraction of sp³-hybridized carbons (Fsp3) is 0.143. The maximum Gasteiger partial charge on any atom is 0.137 e. The Kier molecular flexibility index (Phi) is 4.17. The van der Waals surface area contributed by atoms with E-state index in [0.29, 0.717) is 9.26 Å². The molecule has 0 fully saturated rings. The minimum absolute atomic E-state index is 0.224. The molecule has 2 rings (SSSR count). The lowest BCUT2D eigenvalue weighted by Gasteiger charge is -2.10. The van der Waals surface area contributed by atoms with Crippen LogP contribution in [0, 0.1) is 23.2 Å². The summed E-state index contributed by atoms with van der Waals surface area (Å²) >= 11 is 3.45. The molecule has 4 heteroatoms. The van der Waals surface area contributed by atoms with E-state index in [1.54, 1.807) is 6.07 Å². The number of nitrogens with two attached hydrogens (primary N) is 1. The highest BCUT2D eigenvalue weighted by Crippen LogP contribution is 2.36. The zero-order valence-corrected chi connectivity index (χ0v) is 13.1. The number of hydrogen-bond donors (Lipinski definition) is 1. The van der Waals surface area contributed by atoms with Crippen molar-refractivity contribution in [2.75, 3.05) is 5.73 Å². The number of nitrogen functional groups attached to an aromatic ring is 1. The van der Waals surface area contributed by atoms with Gasteiger partial charge in [0.15, 0.2) is 0 Å². The van der Waals surface area contributed by atoms with Crippen molar-refractivity contribution in [2.24, 2.45) is 0 Å². The van der Waals surface area contributed by atoms with Gasteiger partial charge in [-0.05, 0) is 65.8 Å². The topological polar surface area (TPSA) is 26.0 Å². The summed E-state index contributed by atoms with van der Waals surface area (Å²) in [5, 5.41) is 0. The van der Waals surface area contributed by atoms with Crippen LogP contribution < -0.4 is 5.73 Å². The maximum absolute atomic E-state index is 13.6. The van der Waals surface area contributed by atoms with Crippen LogP contribution in [0.1, 0.15) is 11.1 Å². The summed E-state index contributed by atoms with van der Waals surface area (Å²) in [7, 11) is 0. The van der Waals surface area contributed by atoms with Crippen LogP contribution in [0.25, 0.3) is 0 Å². The van der Waals surface area contributed by atoms with Crippen LogP contribution in [-0.2, 0) is 0 Å². The van der Waals surface area contributed by atoms with E-state index in [-0.39, 0.29) is 5.82 Å². The van der Waals surface area contributed by atoms with E-state index in [1.807, 2.05) is 36.4 Å². The molecule has 0 atom stereocenters. The molecule has 0 bridgehead atoms. The third kappa shape index (κ3) is 2.98. The SMILES string of the molecule is Cc1ccc(C)c(Sc2cc(F)c(I)cc2N)c1. The molecule has 0 saturated heterocycles. The maximum atomic E-state index is 13.6. The molecular formula is C14H13FINS. The summed E-state index contributed by atoms with van der Waals surface area (Å²) < 4.78 is 14.1. The highest BCUT2D eigenvalue weighted by Gasteiger charge is 2.09. The minimum atomic E-state index is -0.224. The largest absolute Gasteiger partial charge is 0.398 e. The van der Waals surface area contributed by atoms with Crippen molar-refractivity contribution < 1.29 is 4.39 Å². The first-order valence-electron chi connectivity index (χ1n) is 5.47. The number of rotatable bonds is 2. The first-order valence-corrected chi connectivity index (χ1v) is 7.36. The fourth-order valence-electron chi connectivity index (χ4n) is 1.57. The molecule has 2 aromatic rings. The van der Waals surface area contributed by atoms with Crippen LogP contribution in [0.5, 0.6) is 0 Å². The molecule has 0 aliphatic rings. The van der Waals surface area contributed by atoms with Crippen LogP contribution in [0.15, 0.2) is 40.1 Å². The van der Waals surface area contributed by atoms with Gasteiger partial charge in [-0.1, -0.05) is 23.9 Å². The second-order valence-electron chi connectivity index (χ2n) is 4.18. The van der Waals surface area contributed by atoms with Crippen molar-refractivity contribution in [1.82, 2.24) is 0 Å². The van der Waals surface area contributed by atoms with Gasteiger partial charge in [0.1, 0.15) is 5.82 Å². The zero-order valence-electron chi connectivity index (χ0n) is 10.1. The third-order valence-corrected chi connectivity index (χ3v) is 4.68. The number of aryl methyl sites for hydroxylation is 2. The Balaban J connectivity index is 2.40. The molecule has 2 N–H and O–H groups in total. The van der Waals surface area contributed by atoms with Gasteiger partial charge in [-0.3, -0.25) is 0 Å². The lowest BCUT2D eigenvalue weighted by Crippen LogP contribution is -1.93. The number of anilines is 1. The quantitative estimate of drug-likeness (QED) is 0.606. The van der Waals surface area contributed by atoms with Gasteiger partial charge in [0.25, 0.3) is 0 Å². The molecular weight excluding hydrogens is 360 g/mol. The van der Waals surface area contributed by atoms with Gasteiger partial charge < -0.3 is 5.73 Å². The summed E-state index contributed by atoms with van der Waals surface area (Å²) in [6.07, 6.45) is 0. The number of benzene rings is 2. The van der Waals surface area contributed by atoms with Gasteiger partial charge in [0.2, 0.25) is 0 Å². The van der Waals surface area contributed by atoms with Crippen molar-refractivity contribution in [1.29, 1.82) is 0 Å². The smallest absolute Gasteiger partial charge is 0.137 e. The van der Waals surface area contributed by atoms with Crippen LogP contribution >= 0.6 is 34.4 Å². The first kappa shape index (κ1) is 13.7. The molecule has 0 heterocycles. The van der Waals surface area contributed by atoms with E-state index >= 15 is 0 Å². The van der Waals surface area contributed by atoms with Gasteiger partial charge in [0.05, 0.1) is 3.57 Å². The molecule has 94 valence electrons. The molecule has 2 aromatic carbocycles. The first-order chi connectivity index (χ1) is 8.47. The molecule has 0 radical (unpaired) electrons. The van der Waals surface area contributed by atoms with Crippen LogP contribution in [-0.4, -0.2) is 0 Å². The van der Waals surface area contributed by atoms with Crippen LogP contribution in [0.3, 0.4) is 0 Å². The minimum Gasteiger partial charge on any atom is -0.398 e. The lowest BCUT2D eigenvalue weighted by atomic mass is 10.2. The zero-order chi connectivity index (χ0) is 13.3. The second kappa shape index (κ2) is 5.48. The van der Waals surface area contributed by atoms with E-state index in [0.717, 1.165) is 9.79 Å². The fourth-order valence-corrected chi connectivity index (χ4v) is 3.11. The molecule has 0 spiro atoms. The molecule has 0 unspecified atom stereocenters. The second-order valence-corrected chi connectivity index (χ2v) is 6.42. The Morgan fingerprint density at radius 1 is 1.11 bits per heavy atom. The Labute approximate surface area is 124 Å². The average molecular weight is 373 g/mol. The van der Waals surface area contributed by atoms with Crippen molar-refractivity contribution in [3.05, 3.63) is 50.8 Å². The number of halogens is 2. The summed E-state index contributed by atoms with van der Waals surface area (Å²) in [5.41, 5.74) is 8.91. The van der Waals surface area contributed by atoms with Crippen molar-refractivity contribution in [3.63, 3.8) is 0 Å². The summed E-state index contributed by atoms with van der Waals surface area (Å²) in [6.45, 7) is 4.09. The average Bonchev–Trinajstić information content (AvgIpc) is 2.30. The monoisotopic (exact) mass is 373 g/mol. The molecule has 1 nitrogen and oxygen atoms in total. The molecule has 18 heavy (non-hydrogen) atoms. The normalized spacial score (nSPS) is 10.7. The predicted molar refractivity (Wildman–Crippen MR) is 83.6 cm³/mol. The van der Waals surface area contributed by atoms with Crippen molar-refractivity contribution in [3.8, 4) is 0 Å². The number of hydrogen-bond acceptors (Lipinski definition) is 2. The van der Waals surface area contributed by atoms with Gasteiger partial charge in [-0.2, -0.15) is 0 Å². The highest BCUT2D eigenvalue weighted by atomic mass is 127. The van der Waals surface area contributed by atoms with Crippen LogP contribution in [0.4, 0.5) is 10.1 Å². The van der Waals surface area contributed by atoms with E-state index in [1.165, 1.54) is 29.0 Å². The van der Waals surface area contributed by atoms with E-state index in [2.05, 4.69) is 18.2 Å². The molecule has 0 saturated carbocycles. The standard InChI is InChI=1S/C14H13FINS/c1-8-3-4-9(2)13(5-8)18-14-6-10(15)11(16)7-12(14)17/h3-7H,17H2,1-2H3. The third-order valence-electron chi connectivity index (χ3n) is 2.62. The summed E-state index contributed by atoms with van der Waals surface area (Å²) in [4.78, 5) is 1.88. The Morgan fingerprint density at radius 3 is 2.56 bits per heavy atom. The molecule has 0 aliphatic heterocycles. The Hall–Kier alpha value is -0.750. The Bertz CT molecular complexity index is 599. The van der Waals surface area contributed by atoms with E-state index < -0.39 is 0 Å². The highest BCUT2D eigenvalue weighted by molar-refractivity contribution is 14.1.